The van der Waals surface area contributed by atoms with Gasteiger partial charge in [-0.3, -0.25) is 4.68 Å². The van der Waals surface area contributed by atoms with Crippen molar-refractivity contribution < 1.29 is 37.4 Å². The molecule has 0 aliphatic rings. The Balaban J connectivity index is 0.000000396. The second kappa shape index (κ2) is 9.26. The maximum atomic E-state index is 10.6. The predicted molar refractivity (Wildman–Crippen MR) is 95.5 cm³/mol. The number of carbonyl (C=O) groups is 1. The summed E-state index contributed by atoms with van der Waals surface area (Å²) in [6.45, 7) is 2.28. The number of aromatic hydroxyl groups is 1. The van der Waals surface area contributed by atoms with Gasteiger partial charge in [-0.05, 0) is 31.2 Å². The molecule has 1 atom stereocenters. The van der Waals surface area contributed by atoms with E-state index in [9.17, 15) is 18.3 Å². The molecule has 3 aromatic rings. The number of phenols is 1. The van der Waals surface area contributed by atoms with Gasteiger partial charge in [-0.1, -0.05) is 5.16 Å². The largest absolute Gasteiger partial charge is 0.504 e. The van der Waals surface area contributed by atoms with Crippen LogP contribution in [0.5, 0.6) is 11.5 Å². The predicted octanol–water partition coefficient (Wildman–Crippen LogP) is 2.26. The Morgan fingerprint density at radius 2 is 2.03 bits per heavy atom. The molecule has 2 heterocycles. The van der Waals surface area contributed by atoms with Crippen LogP contribution >= 0.6 is 0 Å². The quantitative estimate of drug-likeness (QED) is 0.555. The Kier molecular flexibility index (Phi) is 7.00. The van der Waals surface area contributed by atoms with E-state index in [-0.39, 0.29) is 11.6 Å². The van der Waals surface area contributed by atoms with E-state index >= 15 is 0 Å². The second-order valence-electron chi connectivity index (χ2n) is 5.73. The van der Waals surface area contributed by atoms with Crippen LogP contribution in [0.15, 0.2) is 35.0 Å². The van der Waals surface area contributed by atoms with E-state index < -0.39 is 18.2 Å². The summed E-state index contributed by atoms with van der Waals surface area (Å²) >= 11 is 0. The normalized spacial score (nSPS) is 12.1. The molecule has 3 rings (SSSR count). The number of carboxylic acid groups (broad SMARTS) is 1. The molecular weight excluding hydrogens is 411 g/mol. The minimum atomic E-state index is -5.08. The van der Waals surface area contributed by atoms with E-state index in [4.69, 9.17) is 24.9 Å². The lowest BCUT2D eigenvalue weighted by Crippen LogP contribution is -2.21. The third kappa shape index (κ3) is 5.47. The number of ether oxygens (including phenoxy) is 1. The van der Waals surface area contributed by atoms with Crippen molar-refractivity contribution in [1.82, 2.24) is 19.9 Å². The van der Waals surface area contributed by atoms with Gasteiger partial charge in [0.15, 0.2) is 11.5 Å². The first-order chi connectivity index (χ1) is 14.0. The summed E-state index contributed by atoms with van der Waals surface area (Å²) in [6.07, 6.45) is -3.43. The topological polar surface area (TPSA) is 150 Å². The van der Waals surface area contributed by atoms with E-state index in [0.717, 1.165) is 5.69 Å². The number of hydrogen-bond acceptors (Lipinski definition) is 8. The molecular formula is C17H18F3N5O5. The number of hydrogen-bond donors (Lipinski definition) is 3. The van der Waals surface area contributed by atoms with Crippen LogP contribution in [-0.4, -0.2) is 48.9 Å². The fraction of sp³-hybridized carbons (Fsp3) is 0.294. The molecule has 0 saturated carbocycles. The fourth-order valence-electron chi connectivity index (χ4n) is 2.22. The van der Waals surface area contributed by atoms with E-state index in [1.165, 1.54) is 6.07 Å². The Morgan fingerprint density at radius 1 is 1.37 bits per heavy atom. The molecule has 13 heteroatoms. The highest BCUT2D eigenvalue weighted by molar-refractivity contribution is 5.73. The van der Waals surface area contributed by atoms with Crippen molar-refractivity contribution in [2.24, 2.45) is 12.8 Å². The summed E-state index contributed by atoms with van der Waals surface area (Å²) < 4.78 is 44.0. The number of phenolic OH excluding ortho intramolecular Hbond substituents is 1. The molecule has 0 aliphatic carbocycles. The standard InChI is InChI=1S/C15H17N5O3.C2HF3O2/c1-3-22-12-8-9(4-5-11(12)21)14-18-15(23-19-14)13(16)10-6-7-17-20(10)2;3-2(4,5)1(6)7/h4-8,13,21H,3,16H2,1-2H3;(H,6,7). The van der Waals surface area contributed by atoms with Crippen molar-refractivity contribution in [2.75, 3.05) is 6.61 Å². The molecule has 0 amide bonds. The molecule has 1 aromatic carbocycles. The molecule has 0 saturated heterocycles. The number of halogens is 3. The summed E-state index contributed by atoms with van der Waals surface area (Å²) in [6, 6.07) is 6.09. The summed E-state index contributed by atoms with van der Waals surface area (Å²) in [4.78, 5) is 13.2. The lowest BCUT2D eigenvalue weighted by molar-refractivity contribution is -0.192. The van der Waals surface area contributed by atoms with Gasteiger partial charge in [0.05, 0.1) is 12.3 Å². The van der Waals surface area contributed by atoms with E-state index in [0.29, 0.717) is 23.7 Å². The van der Waals surface area contributed by atoms with Crippen LogP contribution in [0.1, 0.15) is 24.6 Å². The first-order valence-electron chi connectivity index (χ1n) is 8.38. The van der Waals surface area contributed by atoms with Gasteiger partial charge in [0, 0.05) is 18.8 Å². The van der Waals surface area contributed by atoms with Crippen LogP contribution in [-0.2, 0) is 11.8 Å². The third-order valence-corrected chi connectivity index (χ3v) is 3.65. The monoisotopic (exact) mass is 429 g/mol. The van der Waals surface area contributed by atoms with Gasteiger partial charge in [-0.2, -0.15) is 23.3 Å². The van der Waals surface area contributed by atoms with E-state index in [1.54, 1.807) is 36.1 Å². The Bertz CT molecular complexity index is 1000. The summed E-state index contributed by atoms with van der Waals surface area (Å²) in [5, 5.41) is 24.9. The van der Waals surface area contributed by atoms with Crippen molar-refractivity contribution in [3.63, 3.8) is 0 Å². The number of aliphatic carboxylic acids is 1. The highest BCUT2D eigenvalue weighted by Gasteiger charge is 2.38. The molecule has 0 fully saturated rings. The highest BCUT2D eigenvalue weighted by atomic mass is 19.4. The highest BCUT2D eigenvalue weighted by Crippen LogP contribution is 2.31. The van der Waals surface area contributed by atoms with Crippen LogP contribution in [0.2, 0.25) is 0 Å². The minimum absolute atomic E-state index is 0.0610. The molecule has 0 bridgehead atoms. The Hall–Kier alpha value is -3.61. The van der Waals surface area contributed by atoms with Gasteiger partial charge in [0.25, 0.3) is 0 Å². The minimum Gasteiger partial charge on any atom is -0.504 e. The number of carboxylic acids is 1. The molecule has 0 spiro atoms. The average molecular weight is 429 g/mol. The van der Waals surface area contributed by atoms with Crippen LogP contribution in [0.4, 0.5) is 13.2 Å². The number of aryl methyl sites for hydroxylation is 1. The molecule has 4 N–H and O–H groups in total. The number of aromatic nitrogens is 4. The molecule has 2 aromatic heterocycles. The molecule has 162 valence electrons. The van der Waals surface area contributed by atoms with Crippen LogP contribution in [0, 0.1) is 0 Å². The van der Waals surface area contributed by atoms with E-state index in [2.05, 4.69) is 15.2 Å². The SMILES string of the molecule is CCOc1cc(-c2noc(C(N)c3ccnn3C)n2)ccc1O.O=C(O)C(F)(F)F. The van der Waals surface area contributed by atoms with Crippen molar-refractivity contribution in [3.8, 4) is 22.9 Å². The zero-order valence-corrected chi connectivity index (χ0v) is 15.8. The van der Waals surface area contributed by atoms with Gasteiger partial charge in [-0.15, -0.1) is 0 Å². The van der Waals surface area contributed by atoms with Crippen molar-refractivity contribution >= 4 is 5.97 Å². The van der Waals surface area contributed by atoms with Gasteiger partial charge >= 0.3 is 12.1 Å². The number of benzene rings is 1. The number of nitrogens with zero attached hydrogens (tertiary/aromatic N) is 4. The molecule has 30 heavy (non-hydrogen) atoms. The number of rotatable bonds is 5. The van der Waals surface area contributed by atoms with Crippen molar-refractivity contribution in [1.29, 1.82) is 0 Å². The zero-order chi connectivity index (χ0) is 22.5. The summed E-state index contributed by atoms with van der Waals surface area (Å²) in [5.41, 5.74) is 7.56. The molecule has 1 unspecified atom stereocenters. The fourth-order valence-corrected chi connectivity index (χ4v) is 2.22. The first kappa shape index (κ1) is 22.7. The number of nitrogens with two attached hydrogens (primary N) is 1. The Morgan fingerprint density at radius 3 is 2.57 bits per heavy atom. The van der Waals surface area contributed by atoms with Crippen molar-refractivity contribution in [3.05, 3.63) is 42.0 Å². The lowest BCUT2D eigenvalue weighted by atomic mass is 10.2. The Labute approximate surface area is 167 Å². The summed E-state index contributed by atoms with van der Waals surface area (Å²) in [7, 11) is 1.79. The number of alkyl halides is 3. The maximum Gasteiger partial charge on any atom is 0.490 e. The molecule has 0 radical (unpaired) electrons. The van der Waals surface area contributed by atoms with Gasteiger partial charge in [0.1, 0.15) is 6.04 Å². The third-order valence-electron chi connectivity index (χ3n) is 3.65. The van der Waals surface area contributed by atoms with Crippen molar-refractivity contribution in [2.45, 2.75) is 19.1 Å². The van der Waals surface area contributed by atoms with Gasteiger partial charge in [-0.25, -0.2) is 4.79 Å². The first-order valence-corrected chi connectivity index (χ1v) is 8.38. The maximum absolute atomic E-state index is 10.6. The van der Waals surface area contributed by atoms with Gasteiger partial charge in [0.2, 0.25) is 11.7 Å². The average Bonchev–Trinajstić information content (AvgIpc) is 3.32. The van der Waals surface area contributed by atoms with Crippen LogP contribution < -0.4 is 10.5 Å². The van der Waals surface area contributed by atoms with Crippen LogP contribution in [0.3, 0.4) is 0 Å². The smallest absolute Gasteiger partial charge is 0.490 e. The molecule has 10 nitrogen and oxygen atoms in total. The van der Waals surface area contributed by atoms with E-state index in [1.807, 2.05) is 6.92 Å². The second-order valence-corrected chi connectivity index (χ2v) is 5.73. The van der Waals surface area contributed by atoms with Crippen LogP contribution in [0.25, 0.3) is 11.4 Å². The summed E-state index contributed by atoms with van der Waals surface area (Å²) in [5.74, 6) is -1.67. The molecule has 0 aliphatic heterocycles. The zero-order valence-electron chi connectivity index (χ0n) is 15.8. The van der Waals surface area contributed by atoms with Gasteiger partial charge < -0.3 is 25.2 Å². The lowest BCUT2D eigenvalue weighted by Gasteiger charge is -2.07.